The van der Waals surface area contributed by atoms with E-state index < -0.39 is 5.92 Å². The number of amides is 2. The van der Waals surface area contributed by atoms with Gasteiger partial charge in [0.25, 0.3) is 0 Å². The number of anilines is 2. The number of carbonyl (C=O) groups excluding carboxylic acids is 2. The highest BCUT2D eigenvalue weighted by Crippen LogP contribution is 2.37. The Labute approximate surface area is 188 Å². The molecule has 3 aromatic rings. The van der Waals surface area contributed by atoms with Crippen molar-refractivity contribution in [3.05, 3.63) is 65.6 Å². The van der Waals surface area contributed by atoms with Gasteiger partial charge in [0, 0.05) is 41.8 Å². The summed E-state index contributed by atoms with van der Waals surface area (Å²) in [5, 5.41) is 7.65. The number of aromatic nitrogens is 2. The fourth-order valence-electron chi connectivity index (χ4n) is 4.04. The van der Waals surface area contributed by atoms with Crippen LogP contribution in [0.1, 0.15) is 17.7 Å². The van der Waals surface area contributed by atoms with Gasteiger partial charge in [-0.3, -0.25) is 9.59 Å². The van der Waals surface area contributed by atoms with Crippen molar-refractivity contribution in [2.75, 3.05) is 23.9 Å². The van der Waals surface area contributed by atoms with Crippen LogP contribution in [-0.4, -0.2) is 35.2 Å². The maximum absolute atomic E-state index is 13.4. The van der Waals surface area contributed by atoms with Gasteiger partial charge in [0.2, 0.25) is 11.8 Å². The number of benzene rings is 2. The normalized spacial score (nSPS) is 17.5. The van der Waals surface area contributed by atoms with Crippen molar-refractivity contribution < 1.29 is 18.7 Å². The number of fused-ring (bicyclic) bond motifs is 1. The molecule has 9 heteroatoms. The minimum Gasteiger partial charge on any atom is -0.497 e. The minimum absolute atomic E-state index is 0.105. The third-order valence-electron chi connectivity index (χ3n) is 5.73. The molecule has 0 spiro atoms. The van der Waals surface area contributed by atoms with Gasteiger partial charge < -0.3 is 15.0 Å². The molecule has 2 aromatic carbocycles. The number of halogens is 1. The number of thioether (sulfide) groups is 1. The van der Waals surface area contributed by atoms with Crippen LogP contribution >= 0.6 is 11.8 Å². The molecular weight excluding hydrogens is 431 g/mol. The van der Waals surface area contributed by atoms with Gasteiger partial charge in [-0.1, -0.05) is 6.07 Å². The summed E-state index contributed by atoms with van der Waals surface area (Å²) in [4.78, 5) is 27.4. The van der Waals surface area contributed by atoms with Crippen molar-refractivity contribution in [3.8, 4) is 11.4 Å². The van der Waals surface area contributed by atoms with Crippen LogP contribution in [0, 0.1) is 11.7 Å². The second-order valence-electron chi connectivity index (χ2n) is 7.75. The summed E-state index contributed by atoms with van der Waals surface area (Å²) in [6.45, 7) is 0.291. The first-order valence-corrected chi connectivity index (χ1v) is 11.4. The minimum atomic E-state index is -0.491. The molecule has 1 saturated heterocycles. The fourth-order valence-corrected chi connectivity index (χ4v) is 5.08. The Morgan fingerprint density at radius 2 is 2.00 bits per heavy atom. The third-order valence-corrected chi connectivity index (χ3v) is 6.70. The molecule has 1 aromatic heterocycles. The average Bonchev–Trinajstić information content (AvgIpc) is 3.50. The van der Waals surface area contributed by atoms with Crippen LogP contribution in [-0.2, 0) is 21.1 Å². The molecule has 1 unspecified atom stereocenters. The first-order chi connectivity index (χ1) is 15.5. The highest BCUT2D eigenvalue weighted by atomic mass is 32.2. The Balaban J connectivity index is 1.39. The zero-order valence-electron chi connectivity index (χ0n) is 17.4. The Hall–Kier alpha value is -3.33. The summed E-state index contributed by atoms with van der Waals surface area (Å²) in [7, 11) is 1.57. The third kappa shape index (κ3) is 3.73. The van der Waals surface area contributed by atoms with Crippen LogP contribution in [0.3, 0.4) is 0 Å². The molecule has 0 saturated carbocycles. The summed E-state index contributed by atoms with van der Waals surface area (Å²) >= 11 is 1.73. The van der Waals surface area contributed by atoms with Crippen molar-refractivity contribution in [1.82, 2.24) is 9.78 Å². The smallest absolute Gasteiger partial charge is 0.230 e. The molecule has 7 nitrogen and oxygen atoms in total. The zero-order chi connectivity index (χ0) is 22.2. The van der Waals surface area contributed by atoms with Gasteiger partial charge in [-0.05, 0) is 36.4 Å². The average molecular weight is 453 g/mol. The number of nitrogens with one attached hydrogen (secondary N) is 1. The number of ether oxygens (including phenoxy) is 1. The van der Waals surface area contributed by atoms with E-state index in [1.807, 2.05) is 18.2 Å². The van der Waals surface area contributed by atoms with Crippen molar-refractivity contribution >= 4 is 35.1 Å². The number of carbonyl (C=O) groups is 2. The van der Waals surface area contributed by atoms with Crippen LogP contribution in [0.15, 0.2) is 48.5 Å². The monoisotopic (exact) mass is 452 g/mol. The molecule has 32 heavy (non-hydrogen) atoms. The molecule has 1 fully saturated rings. The number of hydrogen-bond acceptors (Lipinski definition) is 5. The summed E-state index contributed by atoms with van der Waals surface area (Å²) in [6, 6.07) is 13.2. The van der Waals surface area contributed by atoms with Gasteiger partial charge in [0.15, 0.2) is 0 Å². The van der Waals surface area contributed by atoms with Gasteiger partial charge >= 0.3 is 0 Å². The molecule has 3 heterocycles. The van der Waals surface area contributed by atoms with E-state index in [2.05, 4.69) is 10.4 Å². The van der Waals surface area contributed by atoms with Gasteiger partial charge in [0.05, 0.1) is 24.4 Å². The fraction of sp³-hybridized carbons (Fsp3) is 0.261. The lowest BCUT2D eigenvalue weighted by atomic mass is 10.1. The lowest BCUT2D eigenvalue weighted by Gasteiger charge is -2.18. The van der Waals surface area contributed by atoms with E-state index in [1.54, 1.807) is 46.7 Å². The number of nitrogens with zero attached hydrogens (tertiary/aromatic N) is 3. The largest absolute Gasteiger partial charge is 0.497 e. The lowest BCUT2D eigenvalue weighted by molar-refractivity contribution is -0.122. The van der Waals surface area contributed by atoms with Crippen molar-refractivity contribution in [1.29, 1.82) is 0 Å². The molecule has 1 atom stereocenters. The van der Waals surface area contributed by atoms with E-state index in [-0.39, 0.29) is 24.1 Å². The van der Waals surface area contributed by atoms with E-state index in [0.717, 1.165) is 22.8 Å². The first kappa shape index (κ1) is 20.6. The Morgan fingerprint density at radius 3 is 2.78 bits per heavy atom. The Kier molecular flexibility index (Phi) is 5.34. The number of hydrogen-bond donors (Lipinski definition) is 1. The molecule has 1 N–H and O–H groups in total. The Morgan fingerprint density at radius 1 is 1.19 bits per heavy atom. The van der Waals surface area contributed by atoms with Crippen LogP contribution < -0.4 is 15.0 Å². The summed E-state index contributed by atoms with van der Waals surface area (Å²) in [5.74, 6) is 1.59. The van der Waals surface area contributed by atoms with Gasteiger partial charge in [-0.25, -0.2) is 9.07 Å². The van der Waals surface area contributed by atoms with Crippen molar-refractivity contribution in [2.45, 2.75) is 17.9 Å². The molecule has 0 radical (unpaired) electrons. The van der Waals surface area contributed by atoms with E-state index in [1.165, 1.54) is 12.1 Å². The van der Waals surface area contributed by atoms with Crippen LogP contribution in [0.4, 0.5) is 15.9 Å². The van der Waals surface area contributed by atoms with Crippen LogP contribution in [0.25, 0.3) is 5.69 Å². The predicted octanol–water partition coefficient (Wildman–Crippen LogP) is 3.76. The van der Waals surface area contributed by atoms with Crippen LogP contribution in [0.5, 0.6) is 5.75 Å². The van der Waals surface area contributed by atoms with Crippen molar-refractivity contribution in [2.24, 2.45) is 5.92 Å². The summed E-state index contributed by atoms with van der Waals surface area (Å²) < 4.78 is 20.3. The number of rotatable bonds is 5. The van der Waals surface area contributed by atoms with Gasteiger partial charge in [-0.15, -0.1) is 0 Å². The molecular formula is C23H21FN4O3S. The number of methoxy groups -OCH3 is 1. The first-order valence-electron chi connectivity index (χ1n) is 10.2. The maximum atomic E-state index is 13.4. The lowest BCUT2D eigenvalue weighted by Crippen LogP contribution is -2.28. The molecule has 0 aliphatic carbocycles. The molecule has 2 amide bonds. The van der Waals surface area contributed by atoms with Crippen LogP contribution in [0.2, 0.25) is 0 Å². The SMILES string of the molecule is COc1cccc(N2CC(C(=O)Nc3c4c(nn3-c3ccc(F)cc3)CSC4)CC2=O)c1. The van der Waals surface area contributed by atoms with Gasteiger partial charge in [0.1, 0.15) is 17.4 Å². The molecule has 5 rings (SSSR count). The van der Waals surface area contributed by atoms with E-state index in [0.29, 0.717) is 29.5 Å². The second-order valence-corrected chi connectivity index (χ2v) is 8.74. The van der Waals surface area contributed by atoms with Crippen molar-refractivity contribution in [3.63, 3.8) is 0 Å². The summed E-state index contributed by atoms with van der Waals surface area (Å²) in [5.41, 5.74) is 3.26. The molecule has 2 aliphatic rings. The van der Waals surface area contributed by atoms with E-state index >= 15 is 0 Å². The highest BCUT2D eigenvalue weighted by Gasteiger charge is 2.36. The maximum Gasteiger partial charge on any atom is 0.230 e. The standard InChI is InChI=1S/C23H21FN4O3S/c1-31-18-4-2-3-17(10-18)27-11-14(9-21(27)29)23(30)25-22-19-12-32-13-20(19)26-28(22)16-7-5-15(24)6-8-16/h2-8,10,14H,9,11-13H2,1H3,(H,25,30). The predicted molar refractivity (Wildman–Crippen MR) is 121 cm³/mol. The highest BCUT2D eigenvalue weighted by molar-refractivity contribution is 7.98. The molecule has 164 valence electrons. The summed E-state index contributed by atoms with van der Waals surface area (Å²) in [6.07, 6.45) is 0.130. The molecule has 0 bridgehead atoms. The second kappa shape index (κ2) is 8.31. The van der Waals surface area contributed by atoms with Gasteiger partial charge in [-0.2, -0.15) is 16.9 Å². The van der Waals surface area contributed by atoms with E-state index in [9.17, 15) is 14.0 Å². The topological polar surface area (TPSA) is 76.5 Å². The van der Waals surface area contributed by atoms with E-state index in [4.69, 9.17) is 4.74 Å². The quantitative estimate of drug-likeness (QED) is 0.638. The zero-order valence-corrected chi connectivity index (χ0v) is 18.2. The molecule has 2 aliphatic heterocycles. The Bertz CT molecular complexity index is 1190.